The predicted octanol–water partition coefficient (Wildman–Crippen LogP) is 8.48. The number of hydrogen-bond acceptors (Lipinski definition) is 1. The van der Waals surface area contributed by atoms with Crippen molar-refractivity contribution in [2.75, 3.05) is 0 Å². The molecule has 0 aliphatic heterocycles. The van der Waals surface area contributed by atoms with Crippen LogP contribution in [0.3, 0.4) is 0 Å². The van der Waals surface area contributed by atoms with Crippen LogP contribution in [0, 0.1) is 24.2 Å². The number of rotatable bonds is 4. The lowest BCUT2D eigenvalue weighted by molar-refractivity contribution is 0.840. The fourth-order valence-electron chi connectivity index (χ4n) is 4.44. The molecule has 0 radical (unpaired) electrons. The third-order valence-electron chi connectivity index (χ3n) is 6.27. The normalized spacial score (nSPS) is 15.0. The Labute approximate surface area is 196 Å². The molecule has 0 bridgehead atoms. The van der Waals surface area contributed by atoms with Crippen LogP contribution in [0.5, 0.6) is 0 Å². The summed E-state index contributed by atoms with van der Waals surface area (Å²) in [4.78, 5) is 0. The topological polar surface area (TPSA) is 23.8 Å². The van der Waals surface area contributed by atoms with Crippen molar-refractivity contribution in [1.82, 2.24) is 0 Å². The van der Waals surface area contributed by atoms with E-state index in [2.05, 4.69) is 122 Å². The van der Waals surface area contributed by atoms with Crippen LogP contribution in [0.15, 0.2) is 115 Å². The van der Waals surface area contributed by atoms with Crippen molar-refractivity contribution in [2.24, 2.45) is 5.92 Å². The van der Waals surface area contributed by atoms with Crippen LogP contribution in [-0.4, -0.2) is 0 Å². The Morgan fingerprint density at radius 1 is 0.667 bits per heavy atom. The Hall–Kier alpha value is -4.15. The van der Waals surface area contributed by atoms with Crippen LogP contribution in [0.1, 0.15) is 17.5 Å². The molecule has 5 rings (SSSR count). The standard InChI is InChI=1S/C32H25N/c1-23-12-16-27(17-13-23)31-20-30(26-10-6-3-7-11-26)32(28-18-14-24(22-33)15-19-28)21-29(31)25-8-4-2-5-9-25/h2-14,16-21,24H,15H2,1H3. The van der Waals surface area contributed by atoms with E-state index in [0.29, 0.717) is 0 Å². The van der Waals surface area contributed by atoms with E-state index in [1.54, 1.807) is 0 Å². The summed E-state index contributed by atoms with van der Waals surface area (Å²) in [5.41, 5.74) is 10.9. The van der Waals surface area contributed by atoms with Gasteiger partial charge in [-0.15, -0.1) is 0 Å². The van der Waals surface area contributed by atoms with Crippen LogP contribution in [-0.2, 0) is 0 Å². The van der Waals surface area contributed by atoms with E-state index in [4.69, 9.17) is 0 Å². The van der Waals surface area contributed by atoms with Gasteiger partial charge in [-0.2, -0.15) is 5.26 Å². The Bertz CT molecular complexity index is 1370. The Morgan fingerprint density at radius 3 is 1.70 bits per heavy atom. The molecule has 0 fully saturated rings. The summed E-state index contributed by atoms with van der Waals surface area (Å²) in [6.45, 7) is 2.12. The highest BCUT2D eigenvalue weighted by atomic mass is 14.3. The third kappa shape index (κ3) is 4.29. The van der Waals surface area contributed by atoms with E-state index < -0.39 is 0 Å². The molecule has 0 spiro atoms. The zero-order chi connectivity index (χ0) is 22.6. The maximum atomic E-state index is 9.32. The van der Waals surface area contributed by atoms with Crippen LogP contribution in [0.2, 0.25) is 0 Å². The minimum absolute atomic E-state index is 0.0469. The maximum Gasteiger partial charge on any atom is 0.0700 e. The van der Waals surface area contributed by atoms with Crippen molar-refractivity contribution in [3.63, 3.8) is 0 Å². The van der Waals surface area contributed by atoms with Gasteiger partial charge >= 0.3 is 0 Å². The number of nitriles is 1. The van der Waals surface area contributed by atoms with Crippen molar-refractivity contribution in [2.45, 2.75) is 13.3 Å². The molecule has 0 saturated heterocycles. The molecule has 1 atom stereocenters. The molecular weight excluding hydrogens is 398 g/mol. The van der Waals surface area contributed by atoms with Gasteiger partial charge in [0, 0.05) is 0 Å². The minimum Gasteiger partial charge on any atom is -0.198 e. The van der Waals surface area contributed by atoms with E-state index in [-0.39, 0.29) is 5.92 Å². The Kier molecular flexibility index (Phi) is 5.75. The summed E-state index contributed by atoms with van der Waals surface area (Å²) in [5.74, 6) is -0.0469. The summed E-state index contributed by atoms with van der Waals surface area (Å²) in [6.07, 6.45) is 7.09. The summed E-state index contributed by atoms with van der Waals surface area (Å²) >= 11 is 0. The number of hydrogen-bond donors (Lipinski definition) is 0. The molecule has 1 unspecified atom stereocenters. The molecule has 1 aliphatic rings. The van der Waals surface area contributed by atoms with Crippen molar-refractivity contribution < 1.29 is 0 Å². The highest BCUT2D eigenvalue weighted by Gasteiger charge is 2.18. The summed E-state index contributed by atoms with van der Waals surface area (Å²) in [6, 6.07) is 37.0. The molecule has 1 nitrogen and oxygen atoms in total. The van der Waals surface area contributed by atoms with E-state index in [1.165, 1.54) is 50.1 Å². The van der Waals surface area contributed by atoms with Gasteiger partial charge in [0.1, 0.15) is 0 Å². The monoisotopic (exact) mass is 423 g/mol. The third-order valence-corrected chi connectivity index (χ3v) is 6.27. The minimum atomic E-state index is -0.0469. The Balaban J connectivity index is 1.78. The van der Waals surface area contributed by atoms with Crippen LogP contribution in [0.25, 0.3) is 39.0 Å². The lowest BCUT2D eigenvalue weighted by atomic mass is 9.83. The number of aryl methyl sites for hydroxylation is 1. The van der Waals surface area contributed by atoms with Gasteiger partial charge in [-0.05, 0) is 70.0 Å². The molecule has 4 aromatic rings. The van der Waals surface area contributed by atoms with Crippen molar-refractivity contribution in [3.8, 4) is 39.4 Å². The smallest absolute Gasteiger partial charge is 0.0700 e. The fourth-order valence-corrected chi connectivity index (χ4v) is 4.44. The molecule has 1 heteroatoms. The van der Waals surface area contributed by atoms with E-state index in [0.717, 1.165) is 6.42 Å². The highest BCUT2D eigenvalue weighted by Crippen LogP contribution is 2.41. The largest absolute Gasteiger partial charge is 0.198 e. The predicted molar refractivity (Wildman–Crippen MR) is 138 cm³/mol. The van der Waals surface area contributed by atoms with E-state index >= 15 is 0 Å². The molecule has 0 amide bonds. The summed E-state index contributed by atoms with van der Waals surface area (Å²) in [7, 11) is 0. The quantitative estimate of drug-likeness (QED) is 0.323. The maximum absolute atomic E-state index is 9.32. The van der Waals surface area contributed by atoms with Crippen LogP contribution < -0.4 is 0 Å². The fraction of sp³-hybridized carbons (Fsp3) is 0.0938. The van der Waals surface area contributed by atoms with E-state index in [9.17, 15) is 5.26 Å². The lowest BCUT2D eigenvalue weighted by Gasteiger charge is -2.20. The van der Waals surface area contributed by atoms with Crippen LogP contribution in [0.4, 0.5) is 0 Å². The van der Waals surface area contributed by atoms with Gasteiger partial charge in [-0.1, -0.05) is 109 Å². The highest BCUT2D eigenvalue weighted by molar-refractivity contribution is 5.95. The molecule has 33 heavy (non-hydrogen) atoms. The van der Waals surface area contributed by atoms with Crippen LogP contribution >= 0.6 is 0 Å². The van der Waals surface area contributed by atoms with E-state index in [1.807, 2.05) is 6.08 Å². The molecule has 0 heterocycles. The van der Waals surface area contributed by atoms with Gasteiger partial charge in [0.15, 0.2) is 0 Å². The average molecular weight is 424 g/mol. The zero-order valence-corrected chi connectivity index (χ0v) is 18.7. The van der Waals surface area contributed by atoms with Gasteiger partial charge in [-0.3, -0.25) is 0 Å². The first-order valence-electron chi connectivity index (χ1n) is 11.4. The Morgan fingerprint density at radius 2 is 1.18 bits per heavy atom. The van der Waals surface area contributed by atoms with Gasteiger partial charge in [0.25, 0.3) is 0 Å². The zero-order valence-electron chi connectivity index (χ0n) is 18.7. The first-order chi connectivity index (χ1) is 16.2. The molecule has 0 N–H and O–H groups in total. The van der Waals surface area contributed by atoms with Crippen molar-refractivity contribution >= 4 is 5.57 Å². The van der Waals surface area contributed by atoms with Gasteiger partial charge < -0.3 is 0 Å². The molecule has 0 aromatic heterocycles. The first-order valence-corrected chi connectivity index (χ1v) is 11.4. The number of nitrogens with zero attached hydrogens (tertiary/aromatic N) is 1. The summed E-state index contributed by atoms with van der Waals surface area (Å²) in [5, 5.41) is 9.32. The SMILES string of the molecule is Cc1ccc(-c2cc(-c3ccccc3)c(C3=CCC(C#N)C=C3)cc2-c2ccccc2)cc1. The van der Waals surface area contributed by atoms with Gasteiger partial charge in [-0.25, -0.2) is 0 Å². The number of benzene rings is 4. The van der Waals surface area contributed by atoms with Gasteiger partial charge in [0.05, 0.1) is 12.0 Å². The molecule has 0 saturated carbocycles. The van der Waals surface area contributed by atoms with Crippen molar-refractivity contribution in [3.05, 3.63) is 126 Å². The summed E-state index contributed by atoms with van der Waals surface area (Å²) < 4.78 is 0. The lowest BCUT2D eigenvalue weighted by Crippen LogP contribution is -1.99. The average Bonchev–Trinajstić information content (AvgIpc) is 2.89. The molecule has 4 aromatic carbocycles. The molecule has 1 aliphatic carbocycles. The van der Waals surface area contributed by atoms with Gasteiger partial charge in [0.2, 0.25) is 0 Å². The molecular formula is C32H25N. The first kappa shape index (κ1) is 20.7. The second kappa shape index (κ2) is 9.15. The van der Waals surface area contributed by atoms with Crippen molar-refractivity contribution in [1.29, 1.82) is 5.26 Å². The molecule has 158 valence electrons. The number of allylic oxidation sites excluding steroid dienone is 4. The second-order valence-corrected chi connectivity index (χ2v) is 8.53. The second-order valence-electron chi connectivity index (χ2n) is 8.53.